The number of hydrogen-bond acceptors (Lipinski definition) is 8. The summed E-state index contributed by atoms with van der Waals surface area (Å²) < 4.78 is 36.8. The number of carbonyl (C=O) groups is 3. The molecule has 178 valence electrons. The van der Waals surface area contributed by atoms with Gasteiger partial charge in [-0.3, -0.25) is 14.3 Å². The van der Waals surface area contributed by atoms with E-state index in [0.717, 1.165) is 0 Å². The number of hydrogen-bond donors (Lipinski definition) is 4. The molecule has 0 saturated carbocycles. The molecule has 0 aliphatic heterocycles. The van der Waals surface area contributed by atoms with Gasteiger partial charge in [0.15, 0.2) is 0 Å². The van der Waals surface area contributed by atoms with Crippen LogP contribution in [-0.4, -0.2) is 75.8 Å². The van der Waals surface area contributed by atoms with Gasteiger partial charge in [-0.25, -0.2) is 18.2 Å². The molecule has 13 heteroatoms. The van der Waals surface area contributed by atoms with Gasteiger partial charge >= 0.3 is 5.97 Å². The summed E-state index contributed by atoms with van der Waals surface area (Å²) in [4.78, 5) is 38.0. The molecule has 4 N–H and O–H groups in total. The number of amides is 2. The molecular weight excluding hydrogens is 456 g/mol. The maximum absolute atomic E-state index is 12.3. The molecule has 0 saturated heterocycles. The van der Waals surface area contributed by atoms with E-state index < -0.39 is 34.4 Å². The second kappa shape index (κ2) is 13.1. The maximum Gasteiger partial charge on any atom is 0.329 e. The van der Waals surface area contributed by atoms with Crippen molar-refractivity contribution in [2.24, 2.45) is 0 Å². The van der Waals surface area contributed by atoms with Gasteiger partial charge in [0.25, 0.3) is 15.9 Å². The number of carbonyl (C=O) groups excluding carboxylic acids is 2. The molecule has 0 aliphatic rings. The van der Waals surface area contributed by atoms with Gasteiger partial charge in [-0.2, -0.15) is 0 Å². The van der Waals surface area contributed by atoms with Gasteiger partial charge in [-0.15, -0.1) is 0 Å². The number of aliphatic carboxylic acids is 1. The number of nitrogens with zero attached hydrogens (tertiary/aromatic N) is 1. The average Bonchev–Trinajstić information content (AvgIpc) is 2.79. The molecule has 0 bridgehead atoms. The highest BCUT2D eigenvalue weighted by atomic mass is 32.2. The van der Waals surface area contributed by atoms with Crippen molar-refractivity contribution in [3.8, 4) is 0 Å². The summed E-state index contributed by atoms with van der Waals surface area (Å²) in [5, 5.41) is 13.5. The molecule has 2 rings (SSSR count). The highest BCUT2D eigenvalue weighted by Gasteiger charge is 2.14. The van der Waals surface area contributed by atoms with E-state index in [0.29, 0.717) is 0 Å². The van der Waals surface area contributed by atoms with Crippen molar-refractivity contribution in [3.05, 3.63) is 54.2 Å². The van der Waals surface area contributed by atoms with Gasteiger partial charge in [0.05, 0.1) is 23.7 Å². The summed E-state index contributed by atoms with van der Waals surface area (Å²) in [5.74, 6) is -1.87. The Bertz CT molecular complexity index is 1030. The molecule has 1 heterocycles. The van der Waals surface area contributed by atoms with Crippen molar-refractivity contribution in [3.63, 3.8) is 0 Å². The number of anilines is 1. The SMILES string of the molecule is O=C(O)COCCNC(=O)COCCNC(=O)c1ccc(NS(=O)(=O)c2ccccc2)nc1. The van der Waals surface area contributed by atoms with Crippen LogP contribution >= 0.6 is 0 Å². The predicted molar refractivity (Wildman–Crippen MR) is 116 cm³/mol. The summed E-state index contributed by atoms with van der Waals surface area (Å²) in [6.07, 6.45) is 1.24. The molecular formula is C20H24N4O8S. The maximum atomic E-state index is 12.3. The van der Waals surface area contributed by atoms with Crippen LogP contribution in [0, 0.1) is 0 Å². The second-order valence-corrected chi connectivity index (χ2v) is 8.14. The molecule has 0 fully saturated rings. The Morgan fingerprint density at radius 3 is 2.21 bits per heavy atom. The smallest absolute Gasteiger partial charge is 0.329 e. The third kappa shape index (κ3) is 9.64. The third-order valence-corrected chi connectivity index (χ3v) is 5.25. The number of aromatic nitrogens is 1. The van der Waals surface area contributed by atoms with Gasteiger partial charge < -0.3 is 25.2 Å². The summed E-state index contributed by atoms with van der Waals surface area (Å²) in [5.41, 5.74) is 0.219. The molecule has 2 amide bonds. The second-order valence-electron chi connectivity index (χ2n) is 6.46. The number of nitrogens with one attached hydrogen (secondary N) is 3. The minimum Gasteiger partial charge on any atom is -0.480 e. The molecule has 33 heavy (non-hydrogen) atoms. The largest absolute Gasteiger partial charge is 0.480 e. The molecule has 12 nitrogen and oxygen atoms in total. The Kier molecular flexibility index (Phi) is 10.2. The number of sulfonamides is 1. The lowest BCUT2D eigenvalue weighted by atomic mass is 10.2. The van der Waals surface area contributed by atoms with Gasteiger partial charge in [-0.05, 0) is 24.3 Å². The van der Waals surface area contributed by atoms with Gasteiger partial charge in [0, 0.05) is 19.3 Å². The van der Waals surface area contributed by atoms with Gasteiger partial charge in [0.2, 0.25) is 5.91 Å². The lowest BCUT2D eigenvalue weighted by Gasteiger charge is -2.09. The minimum absolute atomic E-state index is 0.0641. The summed E-state index contributed by atoms with van der Waals surface area (Å²) >= 11 is 0. The fourth-order valence-corrected chi connectivity index (χ4v) is 3.39. The predicted octanol–water partition coefficient (Wildman–Crippen LogP) is -0.154. The van der Waals surface area contributed by atoms with E-state index in [1.165, 1.54) is 30.5 Å². The molecule has 0 atom stereocenters. The highest BCUT2D eigenvalue weighted by molar-refractivity contribution is 7.92. The zero-order chi connectivity index (χ0) is 24.1. The van der Waals surface area contributed by atoms with Crippen LogP contribution in [0.5, 0.6) is 0 Å². The molecule has 0 unspecified atom stereocenters. The first kappa shape index (κ1) is 25.7. The monoisotopic (exact) mass is 480 g/mol. The Morgan fingerprint density at radius 1 is 0.909 bits per heavy atom. The minimum atomic E-state index is -3.78. The molecule has 0 radical (unpaired) electrons. The molecule has 1 aromatic carbocycles. The van der Waals surface area contributed by atoms with E-state index in [-0.39, 0.29) is 49.2 Å². The lowest BCUT2D eigenvalue weighted by Crippen LogP contribution is -2.33. The van der Waals surface area contributed by atoms with Crippen LogP contribution in [0.2, 0.25) is 0 Å². The van der Waals surface area contributed by atoms with Crippen molar-refractivity contribution in [1.29, 1.82) is 0 Å². The summed E-state index contributed by atoms with van der Waals surface area (Å²) in [7, 11) is -3.78. The first-order valence-corrected chi connectivity index (χ1v) is 11.2. The number of benzene rings is 1. The van der Waals surface area contributed by atoms with Crippen LogP contribution in [0.4, 0.5) is 5.82 Å². The zero-order valence-corrected chi connectivity index (χ0v) is 18.3. The van der Waals surface area contributed by atoms with Gasteiger partial charge in [0.1, 0.15) is 19.0 Å². The van der Waals surface area contributed by atoms with E-state index in [1.807, 2.05) is 0 Å². The van der Waals surface area contributed by atoms with E-state index in [1.54, 1.807) is 18.2 Å². The van der Waals surface area contributed by atoms with E-state index >= 15 is 0 Å². The van der Waals surface area contributed by atoms with Crippen LogP contribution in [0.25, 0.3) is 0 Å². The van der Waals surface area contributed by atoms with Crippen LogP contribution < -0.4 is 15.4 Å². The van der Waals surface area contributed by atoms with Gasteiger partial charge in [-0.1, -0.05) is 18.2 Å². The van der Waals surface area contributed by atoms with Crippen molar-refractivity contribution < 1.29 is 37.4 Å². The first-order valence-electron chi connectivity index (χ1n) is 9.74. The number of rotatable bonds is 14. The quantitative estimate of drug-likeness (QED) is 0.268. The van der Waals surface area contributed by atoms with E-state index in [4.69, 9.17) is 14.6 Å². The Balaban J connectivity index is 1.65. The first-order chi connectivity index (χ1) is 15.8. The van der Waals surface area contributed by atoms with Crippen LogP contribution in [-0.2, 0) is 29.1 Å². The Labute approximate surface area is 190 Å². The molecule has 2 aromatic rings. The summed E-state index contributed by atoms with van der Waals surface area (Å²) in [6.45, 7) is -0.237. The normalized spacial score (nSPS) is 10.9. The van der Waals surface area contributed by atoms with Crippen molar-refractivity contribution in [2.75, 3.05) is 44.2 Å². The Hall–Kier alpha value is -3.55. The molecule has 0 spiro atoms. The van der Waals surface area contributed by atoms with Crippen LogP contribution in [0.15, 0.2) is 53.6 Å². The third-order valence-electron chi connectivity index (χ3n) is 3.88. The van der Waals surface area contributed by atoms with E-state index in [9.17, 15) is 22.8 Å². The van der Waals surface area contributed by atoms with Crippen molar-refractivity contribution in [1.82, 2.24) is 15.6 Å². The lowest BCUT2D eigenvalue weighted by molar-refractivity contribution is -0.142. The Morgan fingerprint density at radius 2 is 1.58 bits per heavy atom. The topological polar surface area (TPSA) is 173 Å². The van der Waals surface area contributed by atoms with Crippen molar-refractivity contribution >= 4 is 33.6 Å². The standard InChI is InChI=1S/C20H24N4O8S/c25-18(21-8-10-32-14-19(26)27)13-31-11-9-22-20(28)15-6-7-17(23-12-15)24-33(29,30)16-4-2-1-3-5-16/h1-7,12H,8-11,13-14H2,(H,21,25)(H,22,28)(H,23,24)(H,26,27). The van der Waals surface area contributed by atoms with Crippen LogP contribution in [0.1, 0.15) is 10.4 Å². The highest BCUT2D eigenvalue weighted by Crippen LogP contribution is 2.14. The van der Waals surface area contributed by atoms with E-state index in [2.05, 4.69) is 20.3 Å². The fourth-order valence-electron chi connectivity index (χ4n) is 2.36. The number of pyridine rings is 1. The average molecular weight is 480 g/mol. The van der Waals surface area contributed by atoms with Crippen LogP contribution in [0.3, 0.4) is 0 Å². The molecule has 0 aliphatic carbocycles. The molecule has 1 aromatic heterocycles. The number of carboxylic acid groups (broad SMARTS) is 1. The summed E-state index contributed by atoms with van der Waals surface area (Å²) in [6, 6.07) is 10.6. The zero-order valence-electron chi connectivity index (χ0n) is 17.5. The van der Waals surface area contributed by atoms with Crippen molar-refractivity contribution in [2.45, 2.75) is 4.90 Å². The number of carboxylic acids is 1. The fraction of sp³-hybridized carbons (Fsp3) is 0.300. The number of ether oxygens (including phenoxy) is 2.